The summed E-state index contributed by atoms with van der Waals surface area (Å²) in [6.07, 6.45) is 0. The van der Waals surface area contributed by atoms with Gasteiger partial charge in [0.05, 0.1) is 24.9 Å². The first-order valence-electron chi connectivity index (χ1n) is 9.75. The highest BCUT2D eigenvalue weighted by molar-refractivity contribution is 8.13. The zero-order chi connectivity index (χ0) is 22.4. The summed E-state index contributed by atoms with van der Waals surface area (Å²) < 4.78 is 10.8. The van der Waals surface area contributed by atoms with E-state index in [1.54, 1.807) is 38.3 Å². The Bertz CT molecular complexity index is 1030. The molecule has 2 aromatic carbocycles. The molecule has 2 aromatic rings. The van der Waals surface area contributed by atoms with Gasteiger partial charge in [0, 0.05) is 17.0 Å². The number of amidine groups is 1. The van der Waals surface area contributed by atoms with Crippen LogP contribution in [-0.4, -0.2) is 35.9 Å². The summed E-state index contributed by atoms with van der Waals surface area (Å²) in [4.78, 5) is 28.5. The van der Waals surface area contributed by atoms with Crippen molar-refractivity contribution in [3.8, 4) is 5.75 Å². The molecule has 0 radical (unpaired) electrons. The van der Waals surface area contributed by atoms with Crippen LogP contribution in [0.25, 0.3) is 0 Å². The minimum Gasteiger partial charge on any atom is -0.496 e. The van der Waals surface area contributed by atoms with Gasteiger partial charge in [-0.25, -0.2) is 14.6 Å². The van der Waals surface area contributed by atoms with Crippen LogP contribution >= 0.6 is 11.8 Å². The van der Waals surface area contributed by atoms with Gasteiger partial charge in [0.25, 0.3) is 0 Å². The number of para-hydroxylation sites is 1. The molecule has 2 N–H and O–H groups in total. The molecule has 1 atom stereocenters. The van der Waals surface area contributed by atoms with Gasteiger partial charge in [-0.15, -0.1) is 0 Å². The standard InChI is InChI=1S/C23H24N2O5S/c1-4-30-22(28)19-14(2)24-23(25-20(19)17-7-5-6-8-18(17)29-3)31-13-15-9-11-16(12-10-15)21(26)27/h5-12,20H,4,13H2,1-3H3,(H,24,25)(H,26,27)/t20-/m0/s1. The first-order valence-corrected chi connectivity index (χ1v) is 10.7. The molecule has 0 saturated heterocycles. The minimum absolute atomic E-state index is 0.246. The van der Waals surface area contributed by atoms with Gasteiger partial charge in [-0.05, 0) is 37.6 Å². The van der Waals surface area contributed by atoms with Gasteiger partial charge < -0.3 is 19.9 Å². The molecular weight excluding hydrogens is 416 g/mol. The summed E-state index contributed by atoms with van der Waals surface area (Å²) >= 11 is 1.47. The summed E-state index contributed by atoms with van der Waals surface area (Å²) in [7, 11) is 1.58. The predicted octanol–water partition coefficient (Wildman–Crippen LogP) is 4.16. The molecule has 3 rings (SSSR count). The van der Waals surface area contributed by atoms with Gasteiger partial charge in [0.15, 0.2) is 5.17 Å². The fourth-order valence-electron chi connectivity index (χ4n) is 3.21. The molecule has 7 nitrogen and oxygen atoms in total. The highest BCUT2D eigenvalue weighted by Crippen LogP contribution is 2.37. The van der Waals surface area contributed by atoms with E-state index in [1.165, 1.54) is 11.8 Å². The molecule has 0 amide bonds. The van der Waals surface area contributed by atoms with Crippen molar-refractivity contribution in [3.63, 3.8) is 0 Å². The largest absolute Gasteiger partial charge is 0.496 e. The topological polar surface area (TPSA) is 97.2 Å². The Labute approximate surface area is 185 Å². The third-order valence-electron chi connectivity index (χ3n) is 4.72. The number of allylic oxidation sites excluding steroid dienone is 1. The predicted molar refractivity (Wildman–Crippen MR) is 120 cm³/mol. The van der Waals surface area contributed by atoms with Crippen LogP contribution in [0, 0.1) is 0 Å². The van der Waals surface area contributed by atoms with E-state index in [4.69, 9.17) is 19.6 Å². The Morgan fingerprint density at radius 3 is 2.52 bits per heavy atom. The van der Waals surface area contributed by atoms with Crippen molar-refractivity contribution in [1.82, 2.24) is 5.32 Å². The molecule has 1 heterocycles. The molecule has 8 heteroatoms. The van der Waals surface area contributed by atoms with E-state index in [9.17, 15) is 9.59 Å². The van der Waals surface area contributed by atoms with Crippen LogP contribution in [0.3, 0.4) is 0 Å². The lowest BCUT2D eigenvalue weighted by molar-refractivity contribution is -0.138. The first-order chi connectivity index (χ1) is 14.9. The number of methoxy groups -OCH3 is 1. The minimum atomic E-state index is -0.954. The maximum absolute atomic E-state index is 12.7. The number of thioether (sulfide) groups is 1. The van der Waals surface area contributed by atoms with Crippen molar-refractivity contribution in [2.24, 2.45) is 4.99 Å². The molecular formula is C23H24N2O5S. The number of hydrogen-bond donors (Lipinski definition) is 2. The van der Waals surface area contributed by atoms with Crippen molar-refractivity contribution >= 4 is 28.9 Å². The number of aromatic carboxylic acids is 1. The van der Waals surface area contributed by atoms with Gasteiger partial charge in [-0.1, -0.05) is 42.1 Å². The zero-order valence-electron chi connectivity index (χ0n) is 17.5. The molecule has 0 aromatic heterocycles. The van der Waals surface area contributed by atoms with Crippen molar-refractivity contribution in [2.45, 2.75) is 25.6 Å². The molecule has 0 spiro atoms. The van der Waals surface area contributed by atoms with E-state index < -0.39 is 18.0 Å². The quantitative estimate of drug-likeness (QED) is 0.624. The maximum atomic E-state index is 12.7. The first kappa shape index (κ1) is 22.4. The SMILES string of the molecule is CCOC(=O)C1=C(C)NC(SCc2ccc(C(=O)O)cc2)=N[C@H]1c1ccccc1OC. The maximum Gasteiger partial charge on any atom is 0.338 e. The lowest BCUT2D eigenvalue weighted by Crippen LogP contribution is -2.30. The van der Waals surface area contributed by atoms with Gasteiger partial charge in [0.2, 0.25) is 0 Å². The number of esters is 1. The molecule has 162 valence electrons. The van der Waals surface area contributed by atoms with Crippen LogP contribution in [0.15, 0.2) is 64.8 Å². The lowest BCUT2D eigenvalue weighted by atomic mass is 9.96. The van der Waals surface area contributed by atoms with Gasteiger partial charge >= 0.3 is 11.9 Å². The summed E-state index contributed by atoms with van der Waals surface area (Å²) in [5.41, 5.74) is 3.11. The summed E-state index contributed by atoms with van der Waals surface area (Å²) in [6, 6.07) is 13.6. The Hall–Kier alpha value is -3.26. The summed E-state index contributed by atoms with van der Waals surface area (Å²) in [5.74, 6) is -0.141. The molecule has 0 unspecified atom stereocenters. The number of benzene rings is 2. The second-order valence-electron chi connectivity index (χ2n) is 6.75. The average molecular weight is 441 g/mol. The number of nitrogens with zero attached hydrogens (tertiary/aromatic N) is 1. The van der Waals surface area contributed by atoms with Crippen LogP contribution < -0.4 is 10.1 Å². The molecule has 0 aliphatic carbocycles. The van der Waals surface area contributed by atoms with Crippen molar-refractivity contribution in [2.75, 3.05) is 13.7 Å². The van der Waals surface area contributed by atoms with Crippen LogP contribution in [0.1, 0.15) is 41.4 Å². The number of nitrogens with one attached hydrogen (secondary N) is 1. The van der Waals surface area contributed by atoms with E-state index >= 15 is 0 Å². The zero-order valence-corrected chi connectivity index (χ0v) is 18.4. The fourth-order valence-corrected chi connectivity index (χ4v) is 4.11. The Balaban J connectivity index is 1.88. The number of ether oxygens (including phenoxy) is 2. The highest BCUT2D eigenvalue weighted by atomic mass is 32.2. The van der Waals surface area contributed by atoms with Crippen molar-refractivity contribution in [1.29, 1.82) is 0 Å². The van der Waals surface area contributed by atoms with E-state index in [2.05, 4.69) is 5.32 Å². The fraction of sp³-hybridized carbons (Fsp3) is 0.261. The number of carbonyl (C=O) groups excluding carboxylic acids is 1. The van der Waals surface area contributed by atoms with E-state index in [-0.39, 0.29) is 12.2 Å². The highest BCUT2D eigenvalue weighted by Gasteiger charge is 2.32. The Kier molecular flexibility index (Phi) is 7.36. The van der Waals surface area contributed by atoms with E-state index in [1.807, 2.05) is 31.2 Å². The molecule has 0 saturated carbocycles. The molecule has 0 bridgehead atoms. The van der Waals surface area contributed by atoms with Gasteiger partial charge in [-0.2, -0.15) is 0 Å². The number of rotatable bonds is 7. The average Bonchev–Trinajstić information content (AvgIpc) is 2.77. The molecule has 1 aliphatic heterocycles. The summed E-state index contributed by atoms with van der Waals surface area (Å²) in [6.45, 7) is 3.86. The number of aliphatic imine (C=N–C) groups is 1. The molecule has 1 aliphatic rings. The Morgan fingerprint density at radius 1 is 1.16 bits per heavy atom. The Morgan fingerprint density at radius 2 is 1.87 bits per heavy atom. The summed E-state index contributed by atoms with van der Waals surface area (Å²) in [5, 5.41) is 12.9. The molecule has 0 fully saturated rings. The molecule has 31 heavy (non-hydrogen) atoms. The lowest BCUT2D eigenvalue weighted by Gasteiger charge is -2.26. The smallest absolute Gasteiger partial charge is 0.338 e. The number of carboxylic acids is 1. The van der Waals surface area contributed by atoms with E-state index in [0.717, 1.165) is 11.1 Å². The number of hydrogen-bond acceptors (Lipinski definition) is 7. The van der Waals surface area contributed by atoms with Crippen molar-refractivity contribution in [3.05, 3.63) is 76.5 Å². The van der Waals surface area contributed by atoms with Crippen LogP contribution in [0.4, 0.5) is 0 Å². The number of carbonyl (C=O) groups is 2. The second kappa shape index (κ2) is 10.2. The van der Waals surface area contributed by atoms with Gasteiger partial charge in [0.1, 0.15) is 11.8 Å². The van der Waals surface area contributed by atoms with E-state index in [0.29, 0.717) is 27.9 Å². The van der Waals surface area contributed by atoms with Crippen LogP contribution in [0.2, 0.25) is 0 Å². The third kappa shape index (κ3) is 5.27. The monoisotopic (exact) mass is 440 g/mol. The van der Waals surface area contributed by atoms with Crippen LogP contribution in [0.5, 0.6) is 5.75 Å². The second-order valence-corrected chi connectivity index (χ2v) is 7.72. The van der Waals surface area contributed by atoms with Crippen LogP contribution in [-0.2, 0) is 15.3 Å². The number of carboxylic acid groups (broad SMARTS) is 1. The van der Waals surface area contributed by atoms with Gasteiger partial charge in [-0.3, -0.25) is 0 Å². The van der Waals surface area contributed by atoms with Crippen molar-refractivity contribution < 1.29 is 24.2 Å². The normalized spacial score (nSPS) is 15.7. The third-order valence-corrected chi connectivity index (χ3v) is 5.68.